The number of fused-ring (bicyclic) bond motifs is 2. The molecule has 1 aromatic carbocycles. The number of hydrogen-bond acceptors (Lipinski definition) is 8. The molecule has 0 aliphatic heterocycles. The molecule has 0 saturated carbocycles. The Morgan fingerprint density at radius 3 is 2.68 bits per heavy atom. The second kappa shape index (κ2) is 9.36. The number of pyridine rings is 2. The molecule has 2 N–H and O–H groups in total. The van der Waals surface area contributed by atoms with Crippen LogP contribution in [-0.4, -0.2) is 72.2 Å². The first kappa shape index (κ1) is 22.7. The second-order valence-electron chi connectivity index (χ2n) is 8.77. The molecule has 37 heavy (non-hydrogen) atoms. The van der Waals surface area contributed by atoms with Gasteiger partial charge in [0.25, 0.3) is 0 Å². The van der Waals surface area contributed by atoms with Crippen LogP contribution >= 0.6 is 0 Å². The predicted octanol–water partition coefficient (Wildman–Crippen LogP) is 4.10. The van der Waals surface area contributed by atoms with Gasteiger partial charge in [0.05, 0.1) is 40.8 Å². The molecule has 0 unspecified atom stereocenters. The van der Waals surface area contributed by atoms with Crippen LogP contribution in [-0.2, 0) is 0 Å². The van der Waals surface area contributed by atoms with E-state index in [0.29, 0.717) is 57.4 Å². The zero-order valence-corrected chi connectivity index (χ0v) is 20.1. The monoisotopic (exact) mass is 495 g/mol. The fourth-order valence-corrected chi connectivity index (χ4v) is 4.07. The Balaban J connectivity index is 1.41. The minimum atomic E-state index is -0.396. The summed E-state index contributed by atoms with van der Waals surface area (Å²) in [4.78, 5) is 27.4. The fourth-order valence-electron chi connectivity index (χ4n) is 4.07. The first-order chi connectivity index (χ1) is 18.0. The van der Waals surface area contributed by atoms with Gasteiger partial charge in [-0.1, -0.05) is 0 Å². The van der Waals surface area contributed by atoms with Gasteiger partial charge in [0.1, 0.15) is 29.6 Å². The molecule has 0 aliphatic rings. The van der Waals surface area contributed by atoms with Gasteiger partial charge in [-0.05, 0) is 37.9 Å². The minimum Gasteiger partial charge on any atom is -0.492 e. The van der Waals surface area contributed by atoms with Crippen molar-refractivity contribution in [2.24, 2.45) is 0 Å². The molecule has 0 amide bonds. The number of benzene rings is 1. The van der Waals surface area contributed by atoms with Crippen LogP contribution in [0, 0.1) is 5.82 Å². The lowest BCUT2D eigenvalue weighted by Crippen LogP contribution is -2.19. The average molecular weight is 496 g/mol. The Morgan fingerprint density at radius 1 is 0.919 bits per heavy atom. The number of aromatic nitrogens is 8. The minimum absolute atomic E-state index is 0.396. The maximum absolute atomic E-state index is 14.5. The van der Waals surface area contributed by atoms with Crippen LogP contribution in [0.15, 0.2) is 61.4 Å². The molecule has 5 aromatic heterocycles. The van der Waals surface area contributed by atoms with Crippen molar-refractivity contribution in [1.29, 1.82) is 0 Å². The van der Waals surface area contributed by atoms with Gasteiger partial charge >= 0.3 is 0 Å². The van der Waals surface area contributed by atoms with E-state index in [2.05, 4.69) is 35.1 Å². The van der Waals surface area contributed by atoms with Gasteiger partial charge in [-0.15, -0.1) is 0 Å². The Kier molecular flexibility index (Phi) is 5.73. The van der Waals surface area contributed by atoms with Crippen LogP contribution < -0.4 is 4.74 Å². The summed E-state index contributed by atoms with van der Waals surface area (Å²) in [6.07, 6.45) is 9.95. The first-order valence-electron chi connectivity index (χ1n) is 11.6. The molecule has 0 fully saturated rings. The number of nitrogens with one attached hydrogen (secondary N) is 2. The van der Waals surface area contributed by atoms with Crippen molar-refractivity contribution in [1.82, 2.24) is 45.0 Å². The molecule has 0 aliphatic carbocycles. The number of halogens is 1. The number of rotatable bonds is 7. The van der Waals surface area contributed by atoms with Crippen LogP contribution in [0.25, 0.3) is 56.0 Å². The molecule has 0 radical (unpaired) electrons. The summed E-state index contributed by atoms with van der Waals surface area (Å²) in [5, 5.41) is 8.31. The van der Waals surface area contributed by atoms with E-state index in [9.17, 15) is 4.39 Å². The maximum atomic E-state index is 14.5. The molecule has 11 heteroatoms. The third-order valence-corrected chi connectivity index (χ3v) is 5.88. The van der Waals surface area contributed by atoms with Crippen molar-refractivity contribution < 1.29 is 9.13 Å². The van der Waals surface area contributed by atoms with Crippen LogP contribution in [0.4, 0.5) is 4.39 Å². The fraction of sp³-hybridized carbons (Fsp3) is 0.154. The highest BCUT2D eigenvalue weighted by atomic mass is 19.1. The number of aromatic amines is 2. The standard InChI is InChI=1S/C26H22FN9O/c1-36(2)5-6-37-17-8-15(7-16(27)9-17)19-11-29-13-23-24(19)33-26(32-23)25-18-10-20(22-12-28-3-4-30-22)31-14-21(18)34-35-25/h3-4,7-14H,5-6H2,1-2H3,(H,32,33)(H,34,35). The van der Waals surface area contributed by atoms with Crippen molar-refractivity contribution in [2.75, 3.05) is 27.2 Å². The topological polar surface area (TPSA) is 121 Å². The van der Waals surface area contributed by atoms with Crippen molar-refractivity contribution >= 4 is 21.9 Å². The summed E-state index contributed by atoms with van der Waals surface area (Å²) in [5.74, 6) is 0.602. The quantitative estimate of drug-likeness (QED) is 0.340. The Hall–Kier alpha value is -4.77. The third kappa shape index (κ3) is 4.47. The zero-order valence-electron chi connectivity index (χ0n) is 20.1. The van der Waals surface area contributed by atoms with Gasteiger partial charge in [-0.2, -0.15) is 5.10 Å². The molecule has 5 heterocycles. The van der Waals surface area contributed by atoms with Gasteiger partial charge in [-0.3, -0.25) is 25.0 Å². The van der Waals surface area contributed by atoms with Gasteiger partial charge in [0, 0.05) is 42.2 Å². The molecular weight excluding hydrogens is 473 g/mol. The number of likely N-dealkylation sites (N-methyl/N-ethyl adjacent to an activating group) is 1. The summed E-state index contributed by atoms with van der Waals surface area (Å²) in [7, 11) is 3.91. The largest absolute Gasteiger partial charge is 0.492 e. The Morgan fingerprint density at radius 2 is 1.84 bits per heavy atom. The first-order valence-corrected chi connectivity index (χ1v) is 11.6. The summed E-state index contributed by atoms with van der Waals surface area (Å²) in [5.41, 5.74) is 5.35. The van der Waals surface area contributed by atoms with Gasteiger partial charge in [0.15, 0.2) is 5.82 Å². The smallest absolute Gasteiger partial charge is 0.159 e. The van der Waals surface area contributed by atoms with Crippen LogP contribution in [0.1, 0.15) is 0 Å². The third-order valence-electron chi connectivity index (χ3n) is 5.88. The number of imidazole rings is 1. The van der Waals surface area contributed by atoms with Gasteiger partial charge < -0.3 is 14.6 Å². The molecule has 6 rings (SSSR count). The van der Waals surface area contributed by atoms with E-state index in [0.717, 1.165) is 17.4 Å². The molecule has 10 nitrogen and oxygen atoms in total. The summed E-state index contributed by atoms with van der Waals surface area (Å²) >= 11 is 0. The summed E-state index contributed by atoms with van der Waals surface area (Å²) < 4.78 is 20.3. The number of hydrogen-bond donors (Lipinski definition) is 2. The predicted molar refractivity (Wildman–Crippen MR) is 137 cm³/mol. The average Bonchev–Trinajstić information content (AvgIpc) is 3.52. The lowest BCUT2D eigenvalue weighted by molar-refractivity contribution is 0.260. The lowest BCUT2D eigenvalue weighted by Gasteiger charge is -2.12. The zero-order chi connectivity index (χ0) is 25.4. The van der Waals surface area contributed by atoms with E-state index in [4.69, 9.17) is 9.72 Å². The summed E-state index contributed by atoms with van der Waals surface area (Å²) in [6, 6.07) is 6.52. The lowest BCUT2D eigenvalue weighted by atomic mass is 10.1. The van der Waals surface area contributed by atoms with Crippen molar-refractivity contribution in [3.8, 4) is 39.8 Å². The number of H-pyrrole nitrogens is 2. The SMILES string of the molecule is CN(C)CCOc1cc(F)cc(-c2cncc3[nH]c(-c4n[nH]c5cnc(-c6cnccn6)cc45)nc23)c1. The van der Waals surface area contributed by atoms with Crippen LogP contribution in [0.5, 0.6) is 5.75 Å². The Labute approximate surface area is 210 Å². The van der Waals surface area contributed by atoms with Crippen LogP contribution in [0.3, 0.4) is 0 Å². The molecule has 6 aromatic rings. The van der Waals surface area contributed by atoms with E-state index in [1.54, 1.807) is 43.2 Å². The van der Waals surface area contributed by atoms with Gasteiger partial charge in [-0.25, -0.2) is 9.37 Å². The highest BCUT2D eigenvalue weighted by Crippen LogP contribution is 2.33. The number of ether oxygens (including phenoxy) is 1. The summed E-state index contributed by atoms with van der Waals surface area (Å²) in [6.45, 7) is 1.17. The molecule has 0 bridgehead atoms. The van der Waals surface area contributed by atoms with E-state index in [1.165, 1.54) is 12.1 Å². The van der Waals surface area contributed by atoms with Crippen LogP contribution in [0.2, 0.25) is 0 Å². The van der Waals surface area contributed by atoms with Crippen molar-refractivity contribution in [2.45, 2.75) is 0 Å². The van der Waals surface area contributed by atoms with E-state index >= 15 is 0 Å². The Bertz CT molecular complexity index is 1710. The molecular formula is C26H22FN9O. The van der Waals surface area contributed by atoms with E-state index in [-0.39, 0.29) is 0 Å². The molecule has 0 saturated heterocycles. The highest BCUT2D eigenvalue weighted by Gasteiger charge is 2.17. The molecule has 0 spiro atoms. The van der Waals surface area contributed by atoms with E-state index < -0.39 is 5.82 Å². The second-order valence-corrected chi connectivity index (χ2v) is 8.77. The van der Waals surface area contributed by atoms with Crippen molar-refractivity contribution in [3.05, 3.63) is 67.3 Å². The molecule has 184 valence electrons. The van der Waals surface area contributed by atoms with Crippen molar-refractivity contribution in [3.63, 3.8) is 0 Å². The normalized spacial score (nSPS) is 11.6. The van der Waals surface area contributed by atoms with E-state index in [1.807, 2.05) is 25.1 Å². The van der Waals surface area contributed by atoms with Gasteiger partial charge in [0.2, 0.25) is 0 Å². The molecule has 0 atom stereocenters. The maximum Gasteiger partial charge on any atom is 0.159 e. The number of nitrogens with zero attached hydrogens (tertiary/aromatic N) is 7. The highest BCUT2D eigenvalue weighted by molar-refractivity contribution is 5.97.